The second kappa shape index (κ2) is 7.56. The van der Waals surface area contributed by atoms with Gasteiger partial charge in [0.1, 0.15) is 5.60 Å². The number of hydrogen-bond donors (Lipinski definition) is 0. The van der Waals surface area contributed by atoms with Crippen LogP contribution in [-0.2, 0) is 11.3 Å². The summed E-state index contributed by atoms with van der Waals surface area (Å²) in [6.45, 7) is 8.44. The Bertz CT molecular complexity index is 826. The van der Waals surface area contributed by atoms with E-state index in [1.807, 2.05) is 39.8 Å². The second-order valence-corrected chi connectivity index (χ2v) is 8.25. The lowest BCUT2D eigenvalue weighted by Crippen LogP contribution is -2.38. The third kappa shape index (κ3) is 5.29. The fraction of sp³-hybridized carbons (Fsp3) is 0.500. The number of carbonyl (C=O) groups excluding carboxylic acids is 1. The first-order chi connectivity index (χ1) is 11.6. The number of benzene rings is 1. The van der Waals surface area contributed by atoms with Crippen LogP contribution in [-0.4, -0.2) is 39.7 Å². The quantitative estimate of drug-likeness (QED) is 0.772. The van der Waals surface area contributed by atoms with Gasteiger partial charge in [-0.15, -0.1) is 0 Å². The van der Waals surface area contributed by atoms with Crippen LogP contribution in [0, 0.1) is 5.92 Å². The summed E-state index contributed by atoms with van der Waals surface area (Å²) in [6, 6.07) is 5.45. The number of ether oxygens (including phenoxy) is 1. The smallest absolute Gasteiger partial charge is 0.410 e. The van der Waals surface area contributed by atoms with Crippen molar-refractivity contribution in [3.63, 3.8) is 0 Å². The highest BCUT2D eigenvalue weighted by molar-refractivity contribution is 9.10. The van der Waals surface area contributed by atoms with E-state index < -0.39 is 5.60 Å². The summed E-state index contributed by atoms with van der Waals surface area (Å²) in [7, 11) is 1.70. The Kier molecular flexibility index (Phi) is 5.87. The number of rotatable bonds is 4. The minimum absolute atomic E-state index is 0.0709. The molecule has 25 heavy (non-hydrogen) atoms. The molecule has 0 aliphatic carbocycles. The lowest BCUT2D eigenvalue weighted by atomic mass is 10.1. The van der Waals surface area contributed by atoms with E-state index in [1.165, 1.54) is 4.90 Å². The van der Waals surface area contributed by atoms with Crippen LogP contribution in [0.5, 0.6) is 0 Å². The molecule has 0 bridgehead atoms. The van der Waals surface area contributed by atoms with Crippen LogP contribution in [0.3, 0.4) is 0 Å². The third-order valence-electron chi connectivity index (χ3n) is 3.59. The van der Waals surface area contributed by atoms with Crippen molar-refractivity contribution in [2.24, 2.45) is 5.92 Å². The molecule has 1 aromatic heterocycles. The van der Waals surface area contributed by atoms with Crippen LogP contribution in [0.2, 0.25) is 0 Å². The predicted molar refractivity (Wildman–Crippen MR) is 102 cm³/mol. The van der Waals surface area contributed by atoms with Gasteiger partial charge in [0, 0.05) is 24.6 Å². The van der Waals surface area contributed by atoms with E-state index in [-0.39, 0.29) is 17.6 Å². The Morgan fingerprint density at radius 2 is 2.08 bits per heavy atom. The highest BCUT2D eigenvalue weighted by atomic mass is 79.9. The molecule has 7 heteroatoms. The average Bonchev–Trinajstić information content (AvgIpc) is 2.49. The maximum absolute atomic E-state index is 12.6. The Balaban J connectivity index is 2.09. The van der Waals surface area contributed by atoms with Gasteiger partial charge in [0.25, 0.3) is 5.56 Å². The summed E-state index contributed by atoms with van der Waals surface area (Å²) in [5.41, 5.74) is 0.0577. The van der Waals surface area contributed by atoms with Gasteiger partial charge in [-0.1, -0.05) is 22.9 Å². The van der Waals surface area contributed by atoms with Crippen LogP contribution >= 0.6 is 15.9 Å². The molecule has 2 aromatic rings. The van der Waals surface area contributed by atoms with Crippen LogP contribution in [0.1, 0.15) is 27.7 Å². The molecule has 136 valence electrons. The molecule has 6 nitrogen and oxygen atoms in total. The van der Waals surface area contributed by atoms with E-state index in [4.69, 9.17) is 4.74 Å². The predicted octanol–water partition coefficient (Wildman–Crippen LogP) is 3.66. The van der Waals surface area contributed by atoms with E-state index in [0.29, 0.717) is 24.0 Å². The van der Waals surface area contributed by atoms with Crippen molar-refractivity contribution in [1.82, 2.24) is 14.5 Å². The second-order valence-electron chi connectivity index (χ2n) is 7.33. The lowest BCUT2D eigenvalue weighted by Gasteiger charge is -2.26. The zero-order valence-electron chi connectivity index (χ0n) is 15.2. The molecule has 1 atom stereocenters. The van der Waals surface area contributed by atoms with Gasteiger partial charge < -0.3 is 9.64 Å². The van der Waals surface area contributed by atoms with Gasteiger partial charge in [-0.05, 0) is 44.9 Å². The van der Waals surface area contributed by atoms with Gasteiger partial charge in [0.05, 0.1) is 17.2 Å². The molecule has 0 aliphatic heterocycles. The SMILES string of the molecule is C[C@H](CN(C)C(=O)OC(C)(C)C)Cn1cnc2ccc(Br)cc2c1=O. The number of nitrogens with zero attached hydrogens (tertiary/aromatic N) is 3. The summed E-state index contributed by atoms with van der Waals surface area (Å²) < 4.78 is 7.77. The Labute approximate surface area is 155 Å². The first kappa shape index (κ1) is 19.4. The molecule has 1 aromatic carbocycles. The van der Waals surface area contributed by atoms with E-state index >= 15 is 0 Å². The normalized spacial score (nSPS) is 12.9. The Morgan fingerprint density at radius 1 is 1.40 bits per heavy atom. The maximum Gasteiger partial charge on any atom is 0.410 e. The lowest BCUT2D eigenvalue weighted by molar-refractivity contribution is 0.0272. The van der Waals surface area contributed by atoms with Crippen LogP contribution in [0.25, 0.3) is 10.9 Å². The molecule has 1 heterocycles. The zero-order valence-corrected chi connectivity index (χ0v) is 16.8. The van der Waals surface area contributed by atoms with Gasteiger partial charge in [-0.2, -0.15) is 0 Å². The first-order valence-electron chi connectivity index (χ1n) is 8.15. The van der Waals surface area contributed by atoms with Gasteiger partial charge >= 0.3 is 6.09 Å². The topological polar surface area (TPSA) is 64.4 Å². The molecule has 0 radical (unpaired) electrons. The molecule has 1 amide bonds. The molecule has 2 rings (SSSR count). The van der Waals surface area contributed by atoms with E-state index in [9.17, 15) is 9.59 Å². The molecule has 0 aliphatic rings. The summed E-state index contributed by atoms with van der Waals surface area (Å²) in [6.07, 6.45) is 1.19. The van der Waals surface area contributed by atoms with Crippen LogP contribution < -0.4 is 5.56 Å². The molecule has 0 fully saturated rings. The van der Waals surface area contributed by atoms with E-state index in [1.54, 1.807) is 24.0 Å². The van der Waals surface area contributed by atoms with Crippen LogP contribution in [0.15, 0.2) is 33.8 Å². The van der Waals surface area contributed by atoms with Crippen molar-refractivity contribution in [1.29, 1.82) is 0 Å². The Hall–Kier alpha value is -1.89. The van der Waals surface area contributed by atoms with Crippen molar-refractivity contribution in [3.05, 3.63) is 39.4 Å². The summed E-state index contributed by atoms with van der Waals surface area (Å²) in [5.74, 6) is 0.0709. The van der Waals surface area contributed by atoms with Gasteiger partial charge in [0.15, 0.2) is 0 Å². The molecule has 0 saturated carbocycles. The van der Waals surface area contributed by atoms with Crippen molar-refractivity contribution in [2.45, 2.75) is 39.8 Å². The number of carbonyl (C=O) groups is 1. The largest absolute Gasteiger partial charge is 0.444 e. The highest BCUT2D eigenvalue weighted by Gasteiger charge is 2.21. The monoisotopic (exact) mass is 409 g/mol. The highest BCUT2D eigenvalue weighted by Crippen LogP contribution is 2.15. The standard InChI is InChI=1S/C18H24BrN3O3/c1-12(9-21(5)17(24)25-18(2,3)4)10-22-11-20-15-7-6-13(19)8-14(15)16(22)23/h6-8,11-12H,9-10H2,1-5H3/t12-/m1/s1. The molecule has 0 spiro atoms. The molecule has 0 saturated heterocycles. The maximum atomic E-state index is 12.6. The summed E-state index contributed by atoms with van der Waals surface area (Å²) >= 11 is 3.38. The first-order valence-corrected chi connectivity index (χ1v) is 8.95. The number of halogens is 1. The minimum Gasteiger partial charge on any atom is -0.444 e. The van der Waals surface area contributed by atoms with Crippen molar-refractivity contribution < 1.29 is 9.53 Å². The van der Waals surface area contributed by atoms with Gasteiger partial charge in [0.2, 0.25) is 0 Å². The third-order valence-corrected chi connectivity index (χ3v) is 4.08. The molecular formula is C18H24BrN3O3. The fourth-order valence-electron chi connectivity index (χ4n) is 2.54. The number of fused-ring (bicyclic) bond motifs is 1. The number of aromatic nitrogens is 2. The van der Waals surface area contributed by atoms with Crippen LogP contribution in [0.4, 0.5) is 4.79 Å². The Morgan fingerprint density at radius 3 is 2.72 bits per heavy atom. The minimum atomic E-state index is -0.527. The summed E-state index contributed by atoms with van der Waals surface area (Å²) in [4.78, 5) is 30.5. The molecule has 0 unspecified atom stereocenters. The van der Waals surface area contributed by atoms with Crippen molar-refractivity contribution in [2.75, 3.05) is 13.6 Å². The molecular weight excluding hydrogens is 386 g/mol. The van der Waals surface area contributed by atoms with Gasteiger partial charge in [-0.3, -0.25) is 9.36 Å². The average molecular weight is 410 g/mol. The van der Waals surface area contributed by atoms with E-state index in [2.05, 4.69) is 20.9 Å². The van der Waals surface area contributed by atoms with Crippen molar-refractivity contribution in [3.8, 4) is 0 Å². The molecule has 0 N–H and O–H groups in total. The van der Waals surface area contributed by atoms with E-state index in [0.717, 1.165) is 4.47 Å². The van der Waals surface area contributed by atoms with Crippen molar-refractivity contribution >= 4 is 32.9 Å². The number of amides is 1. The zero-order chi connectivity index (χ0) is 18.8. The number of hydrogen-bond acceptors (Lipinski definition) is 4. The fourth-order valence-corrected chi connectivity index (χ4v) is 2.90. The van der Waals surface area contributed by atoms with Gasteiger partial charge in [-0.25, -0.2) is 9.78 Å². The summed E-state index contributed by atoms with van der Waals surface area (Å²) in [5, 5.41) is 0.574.